The van der Waals surface area contributed by atoms with Crippen LogP contribution >= 0.6 is 12.2 Å². The van der Waals surface area contributed by atoms with Crippen molar-refractivity contribution in [2.45, 2.75) is 33.7 Å². The Kier molecular flexibility index (Phi) is 7.79. The van der Waals surface area contributed by atoms with E-state index in [1.807, 2.05) is 19.1 Å². The van der Waals surface area contributed by atoms with Crippen LogP contribution in [-0.2, 0) is 6.54 Å². The quantitative estimate of drug-likeness (QED) is 0.452. The minimum absolute atomic E-state index is 0.478. The van der Waals surface area contributed by atoms with Gasteiger partial charge in [0.15, 0.2) is 5.11 Å². The molecule has 0 aliphatic carbocycles. The predicted octanol–water partition coefficient (Wildman–Crippen LogP) is 4.67. The molecule has 0 spiro atoms. The molecule has 9 heteroatoms. The van der Waals surface area contributed by atoms with Crippen molar-refractivity contribution in [1.29, 1.82) is 0 Å². The molecule has 196 valence electrons. The number of hydrogen-bond donors (Lipinski definition) is 2. The number of nitrogens with one attached hydrogen (secondary N) is 2. The van der Waals surface area contributed by atoms with Crippen molar-refractivity contribution in [2.24, 2.45) is 11.8 Å². The predicted molar refractivity (Wildman–Crippen MR) is 155 cm³/mol. The van der Waals surface area contributed by atoms with E-state index >= 15 is 0 Å². The average molecular weight is 520 g/mol. The Morgan fingerprint density at radius 1 is 0.919 bits per heavy atom. The second kappa shape index (κ2) is 11.4. The van der Waals surface area contributed by atoms with Crippen molar-refractivity contribution >= 4 is 40.6 Å². The van der Waals surface area contributed by atoms with Gasteiger partial charge in [-0.15, -0.1) is 0 Å². The van der Waals surface area contributed by atoms with Crippen molar-refractivity contribution in [3.8, 4) is 0 Å². The van der Waals surface area contributed by atoms with E-state index in [0.29, 0.717) is 29.4 Å². The molecule has 37 heavy (non-hydrogen) atoms. The van der Waals surface area contributed by atoms with Gasteiger partial charge in [-0.1, -0.05) is 32.0 Å². The first-order valence-electron chi connectivity index (χ1n) is 13.2. The first kappa shape index (κ1) is 25.3. The van der Waals surface area contributed by atoms with E-state index in [1.54, 1.807) is 0 Å². The van der Waals surface area contributed by atoms with E-state index in [4.69, 9.17) is 26.6 Å². The number of aryl methyl sites for hydroxylation is 1. The number of furan rings is 1. The minimum Gasteiger partial charge on any atom is -0.465 e. The summed E-state index contributed by atoms with van der Waals surface area (Å²) in [6, 6.07) is 16.7. The first-order chi connectivity index (χ1) is 17.9. The Hall–Kier alpha value is -3.33. The molecule has 5 rings (SSSR count). The highest BCUT2D eigenvalue weighted by atomic mass is 32.1. The van der Waals surface area contributed by atoms with Gasteiger partial charge in [-0.25, -0.2) is 0 Å². The number of piperidine rings is 1. The number of piperazine rings is 1. The lowest BCUT2D eigenvalue weighted by molar-refractivity contribution is 0.355. The van der Waals surface area contributed by atoms with Crippen LogP contribution in [0.4, 0.5) is 23.3 Å². The Balaban J connectivity index is 1.32. The number of benzene rings is 1. The van der Waals surface area contributed by atoms with E-state index in [9.17, 15) is 0 Å². The summed E-state index contributed by atoms with van der Waals surface area (Å²) in [5.41, 5.74) is 1.27. The molecular weight excluding hydrogens is 482 g/mol. The lowest BCUT2D eigenvalue weighted by Gasteiger charge is -2.38. The summed E-state index contributed by atoms with van der Waals surface area (Å²) in [6.45, 7) is 12.8. The number of thiocarbonyl (C=S) groups is 1. The second-order valence-corrected chi connectivity index (χ2v) is 10.8. The highest BCUT2D eigenvalue weighted by Gasteiger charge is 2.25. The highest BCUT2D eigenvalue weighted by molar-refractivity contribution is 7.80. The topological polar surface area (TPSA) is 72.7 Å². The molecule has 0 bridgehead atoms. The molecule has 4 heterocycles. The van der Waals surface area contributed by atoms with Gasteiger partial charge < -0.3 is 29.8 Å². The molecule has 2 aromatic heterocycles. The van der Waals surface area contributed by atoms with Gasteiger partial charge in [0.05, 0.1) is 6.54 Å². The minimum atomic E-state index is 0.478. The number of anilines is 4. The molecule has 2 saturated heterocycles. The lowest BCUT2D eigenvalue weighted by Crippen LogP contribution is -2.47. The standard InChI is InChI=1S/C28H37N7OS/c1-20-15-21(2)19-35(18-20)26-16-25(34-13-11-33(12-14-34)23-7-5-4-6-8-23)30-27(31-26)32-28(37)29-17-24-10-9-22(3)36-24/h4-10,16,20-21H,11-15,17-19H2,1-3H3,(H2,29,30,31,32,37)/t20-,21-/m1/s1. The van der Waals surface area contributed by atoms with E-state index in [1.165, 1.54) is 12.1 Å². The van der Waals surface area contributed by atoms with E-state index in [2.05, 4.69) is 75.6 Å². The van der Waals surface area contributed by atoms with Gasteiger partial charge in [0.1, 0.15) is 23.2 Å². The fourth-order valence-corrected chi connectivity index (χ4v) is 5.54. The molecule has 1 aromatic carbocycles. The van der Waals surface area contributed by atoms with Crippen LogP contribution in [0.25, 0.3) is 0 Å². The fraction of sp³-hybridized carbons (Fsp3) is 0.464. The SMILES string of the molecule is Cc1ccc(CNC(=S)Nc2nc(N3CCN(c4ccccc4)CC3)cc(N3C[C@H](C)C[C@@H](C)C3)n2)o1. The van der Waals surface area contributed by atoms with Crippen molar-refractivity contribution in [3.63, 3.8) is 0 Å². The van der Waals surface area contributed by atoms with Crippen LogP contribution in [-0.4, -0.2) is 54.3 Å². The van der Waals surface area contributed by atoms with Gasteiger partial charge in [0.2, 0.25) is 5.95 Å². The van der Waals surface area contributed by atoms with Crippen LogP contribution in [0.1, 0.15) is 31.8 Å². The van der Waals surface area contributed by atoms with Crippen LogP contribution in [0.2, 0.25) is 0 Å². The number of para-hydroxylation sites is 1. The number of nitrogens with zero attached hydrogens (tertiary/aromatic N) is 5. The maximum absolute atomic E-state index is 5.64. The Morgan fingerprint density at radius 3 is 2.22 bits per heavy atom. The molecule has 0 unspecified atom stereocenters. The van der Waals surface area contributed by atoms with Crippen LogP contribution in [0.15, 0.2) is 52.9 Å². The van der Waals surface area contributed by atoms with Crippen LogP contribution < -0.4 is 25.3 Å². The van der Waals surface area contributed by atoms with Crippen molar-refractivity contribution < 1.29 is 4.42 Å². The monoisotopic (exact) mass is 519 g/mol. The Morgan fingerprint density at radius 2 is 1.57 bits per heavy atom. The summed E-state index contributed by atoms with van der Waals surface area (Å²) in [5.74, 6) is 5.41. The van der Waals surface area contributed by atoms with E-state index in [-0.39, 0.29) is 0 Å². The molecule has 2 N–H and O–H groups in total. The number of rotatable bonds is 6. The molecule has 2 fully saturated rings. The van der Waals surface area contributed by atoms with Gasteiger partial charge >= 0.3 is 0 Å². The largest absolute Gasteiger partial charge is 0.465 e. The van der Waals surface area contributed by atoms with Crippen LogP contribution in [0.3, 0.4) is 0 Å². The first-order valence-corrected chi connectivity index (χ1v) is 13.6. The zero-order valence-electron chi connectivity index (χ0n) is 22.0. The maximum Gasteiger partial charge on any atom is 0.232 e. The third kappa shape index (κ3) is 6.52. The molecule has 0 radical (unpaired) electrons. The van der Waals surface area contributed by atoms with E-state index < -0.39 is 0 Å². The number of hydrogen-bond acceptors (Lipinski definition) is 7. The molecule has 0 amide bonds. The summed E-state index contributed by atoms with van der Waals surface area (Å²) < 4.78 is 5.64. The normalized spacial score (nSPS) is 20.1. The summed E-state index contributed by atoms with van der Waals surface area (Å²) in [5, 5.41) is 6.92. The molecule has 2 aliphatic heterocycles. The van der Waals surface area contributed by atoms with Crippen LogP contribution in [0.5, 0.6) is 0 Å². The van der Waals surface area contributed by atoms with Crippen LogP contribution in [0, 0.1) is 18.8 Å². The van der Waals surface area contributed by atoms with Gasteiger partial charge in [-0.05, 0) is 61.7 Å². The van der Waals surface area contributed by atoms with Crippen molar-refractivity contribution in [2.75, 3.05) is 59.3 Å². The van der Waals surface area contributed by atoms with Gasteiger partial charge in [-0.3, -0.25) is 0 Å². The molecule has 0 saturated carbocycles. The fourth-order valence-electron chi connectivity index (χ4n) is 5.38. The third-order valence-electron chi connectivity index (χ3n) is 7.06. The van der Waals surface area contributed by atoms with Crippen molar-refractivity contribution in [1.82, 2.24) is 15.3 Å². The number of aromatic nitrogens is 2. The summed E-state index contributed by atoms with van der Waals surface area (Å²) in [6.07, 6.45) is 1.25. The maximum atomic E-state index is 5.64. The zero-order chi connectivity index (χ0) is 25.8. The summed E-state index contributed by atoms with van der Waals surface area (Å²) in [7, 11) is 0. The second-order valence-electron chi connectivity index (χ2n) is 10.4. The van der Waals surface area contributed by atoms with Gasteiger partial charge in [-0.2, -0.15) is 9.97 Å². The van der Waals surface area contributed by atoms with Gasteiger partial charge in [0, 0.05) is 51.0 Å². The zero-order valence-corrected chi connectivity index (χ0v) is 22.8. The molecule has 2 atom stereocenters. The summed E-state index contributed by atoms with van der Waals surface area (Å²) >= 11 is 5.57. The Labute approximate surface area is 225 Å². The average Bonchev–Trinajstić information content (AvgIpc) is 3.32. The highest BCUT2D eigenvalue weighted by Crippen LogP contribution is 2.29. The Bertz CT molecular complexity index is 1180. The molecular formula is C28H37N7OS. The molecule has 3 aromatic rings. The van der Waals surface area contributed by atoms with Crippen molar-refractivity contribution in [3.05, 3.63) is 60.1 Å². The van der Waals surface area contributed by atoms with Gasteiger partial charge in [0.25, 0.3) is 0 Å². The third-order valence-corrected chi connectivity index (χ3v) is 7.31. The van der Waals surface area contributed by atoms with E-state index in [0.717, 1.165) is 62.4 Å². The smallest absolute Gasteiger partial charge is 0.232 e. The summed E-state index contributed by atoms with van der Waals surface area (Å²) in [4.78, 5) is 17.0. The lowest BCUT2D eigenvalue weighted by atomic mass is 9.92. The molecule has 2 aliphatic rings. The molecule has 8 nitrogen and oxygen atoms in total.